The minimum atomic E-state index is -0.262. The third-order valence-corrected chi connectivity index (χ3v) is 2.81. The number of carbonyl (C=O) groups is 1. The summed E-state index contributed by atoms with van der Waals surface area (Å²) < 4.78 is 5.00. The molecule has 0 bridgehead atoms. The molecule has 104 valence electrons. The van der Waals surface area contributed by atoms with Crippen LogP contribution in [0.4, 0.5) is 11.4 Å². The Bertz CT molecular complexity index is 594. The Morgan fingerprint density at radius 3 is 2.45 bits per heavy atom. The quantitative estimate of drug-likeness (QED) is 0.927. The maximum absolute atomic E-state index is 12.1. The van der Waals surface area contributed by atoms with E-state index in [1.807, 2.05) is 43.3 Å². The number of nitrogens with zero attached hydrogens (tertiary/aromatic N) is 2. The van der Waals surface area contributed by atoms with Gasteiger partial charge >= 0.3 is 0 Å². The van der Waals surface area contributed by atoms with E-state index in [4.69, 9.17) is 4.74 Å². The van der Waals surface area contributed by atoms with Crippen LogP contribution in [0.2, 0.25) is 0 Å². The van der Waals surface area contributed by atoms with Gasteiger partial charge in [-0.1, -0.05) is 6.07 Å². The summed E-state index contributed by atoms with van der Waals surface area (Å²) in [5, 5.41) is 2.80. The molecule has 0 aliphatic rings. The molecule has 5 nitrogen and oxygen atoms in total. The van der Waals surface area contributed by atoms with E-state index in [0.717, 1.165) is 11.4 Å². The zero-order valence-electron chi connectivity index (χ0n) is 11.8. The van der Waals surface area contributed by atoms with Gasteiger partial charge in [-0.3, -0.25) is 4.79 Å². The first-order valence-corrected chi connectivity index (χ1v) is 6.20. The Labute approximate surface area is 118 Å². The smallest absolute Gasteiger partial charge is 0.274 e. The van der Waals surface area contributed by atoms with Crippen molar-refractivity contribution in [3.05, 3.63) is 48.2 Å². The number of methoxy groups -OCH3 is 1. The summed E-state index contributed by atoms with van der Waals surface area (Å²) in [6.07, 6.45) is 0. The van der Waals surface area contributed by atoms with Crippen molar-refractivity contribution in [1.29, 1.82) is 0 Å². The zero-order valence-corrected chi connectivity index (χ0v) is 11.8. The molecule has 1 aromatic heterocycles. The summed E-state index contributed by atoms with van der Waals surface area (Å²) in [7, 11) is 5.45. The van der Waals surface area contributed by atoms with E-state index in [1.54, 1.807) is 18.2 Å². The van der Waals surface area contributed by atoms with Crippen molar-refractivity contribution in [2.75, 3.05) is 31.4 Å². The molecular formula is C15H17N3O2. The van der Waals surface area contributed by atoms with Gasteiger partial charge in [-0.15, -0.1) is 0 Å². The molecule has 1 aromatic carbocycles. The van der Waals surface area contributed by atoms with E-state index >= 15 is 0 Å². The fraction of sp³-hybridized carbons (Fsp3) is 0.200. The fourth-order valence-corrected chi connectivity index (χ4v) is 1.69. The van der Waals surface area contributed by atoms with Crippen LogP contribution in [0.3, 0.4) is 0 Å². The number of pyridine rings is 1. The van der Waals surface area contributed by atoms with Gasteiger partial charge in [-0.25, -0.2) is 4.98 Å². The molecule has 2 rings (SSSR count). The summed E-state index contributed by atoms with van der Waals surface area (Å²) in [6.45, 7) is 0. The molecule has 0 saturated carbocycles. The highest BCUT2D eigenvalue weighted by Crippen LogP contribution is 2.16. The second-order valence-electron chi connectivity index (χ2n) is 4.46. The first kappa shape index (κ1) is 13.9. The molecule has 0 unspecified atom stereocenters. The lowest BCUT2D eigenvalue weighted by molar-refractivity contribution is 0.102. The van der Waals surface area contributed by atoms with Crippen molar-refractivity contribution in [2.24, 2.45) is 0 Å². The van der Waals surface area contributed by atoms with Gasteiger partial charge in [0.2, 0.25) is 5.88 Å². The number of anilines is 2. The summed E-state index contributed by atoms with van der Waals surface area (Å²) in [4.78, 5) is 18.1. The predicted molar refractivity (Wildman–Crippen MR) is 79.5 cm³/mol. The summed E-state index contributed by atoms with van der Waals surface area (Å²) in [5.41, 5.74) is 2.12. The van der Waals surface area contributed by atoms with Crippen LogP contribution >= 0.6 is 0 Å². The van der Waals surface area contributed by atoms with Crippen molar-refractivity contribution >= 4 is 17.3 Å². The van der Waals surface area contributed by atoms with Crippen molar-refractivity contribution in [2.45, 2.75) is 0 Å². The normalized spacial score (nSPS) is 9.95. The van der Waals surface area contributed by atoms with Crippen LogP contribution in [0.15, 0.2) is 42.5 Å². The molecule has 0 atom stereocenters. The molecular weight excluding hydrogens is 254 g/mol. The first-order valence-electron chi connectivity index (χ1n) is 6.20. The number of hydrogen-bond acceptors (Lipinski definition) is 4. The standard InChI is InChI=1S/C15H17N3O2/c1-18(2)12-9-7-11(8-10-12)16-15(19)13-5-4-6-14(17-13)20-3/h4-10H,1-3H3,(H,16,19). The number of aromatic nitrogens is 1. The topological polar surface area (TPSA) is 54.5 Å². The monoisotopic (exact) mass is 271 g/mol. The average Bonchev–Trinajstić information content (AvgIpc) is 2.47. The molecule has 0 saturated heterocycles. The molecule has 1 heterocycles. The van der Waals surface area contributed by atoms with Gasteiger partial charge < -0.3 is 15.0 Å². The zero-order chi connectivity index (χ0) is 14.5. The predicted octanol–water partition coefficient (Wildman–Crippen LogP) is 2.41. The number of amides is 1. The summed E-state index contributed by atoms with van der Waals surface area (Å²) in [5.74, 6) is 0.155. The highest BCUT2D eigenvalue weighted by molar-refractivity contribution is 6.03. The molecule has 0 spiro atoms. The molecule has 5 heteroatoms. The van der Waals surface area contributed by atoms with E-state index in [1.165, 1.54) is 7.11 Å². The van der Waals surface area contributed by atoms with Crippen molar-refractivity contribution in [1.82, 2.24) is 4.98 Å². The Balaban J connectivity index is 2.10. The van der Waals surface area contributed by atoms with Crippen LogP contribution in [-0.2, 0) is 0 Å². The number of rotatable bonds is 4. The van der Waals surface area contributed by atoms with Crippen molar-refractivity contribution < 1.29 is 9.53 Å². The number of benzene rings is 1. The highest BCUT2D eigenvalue weighted by atomic mass is 16.5. The number of hydrogen-bond donors (Lipinski definition) is 1. The maximum atomic E-state index is 12.1. The fourth-order valence-electron chi connectivity index (χ4n) is 1.69. The SMILES string of the molecule is COc1cccc(C(=O)Nc2ccc(N(C)C)cc2)n1. The molecule has 1 N–H and O–H groups in total. The lowest BCUT2D eigenvalue weighted by Gasteiger charge is -2.13. The van der Waals surface area contributed by atoms with Crippen LogP contribution in [0.5, 0.6) is 5.88 Å². The van der Waals surface area contributed by atoms with Gasteiger partial charge in [0.15, 0.2) is 0 Å². The Morgan fingerprint density at radius 1 is 1.15 bits per heavy atom. The lowest BCUT2D eigenvalue weighted by Crippen LogP contribution is -2.14. The van der Waals surface area contributed by atoms with E-state index in [9.17, 15) is 4.79 Å². The van der Waals surface area contributed by atoms with E-state index in [0.29, 0.717) is 11.6 Å². The molecule has 1 amide bonds. The van der Waals surface area contributed by atoms with Gasteiger partial charge in [-0.2, -0.15) is 0 Å². The number of carbonyl (C=O) groups excluding carboxylic acids is 1. The second-order valence-corrected chi connectivity index (χ2v) is 4.46. The van der Waals surface area contributed by atoms with Crippen LogP contribution in [-0.4, -0.2) is 32.1 Å². The second kappa shape index (κ2) is 6.06. The molecule has 20 heavy (non-hydrogen) atoms. The largest absolute Gasteiger partial charge is 0.481 e. The van der Waals surface area contributed by atoms with Crippen LogP contribution in [0.1, 0.15) is 10.5 Å². The van der Waals surface area contributed by atoms with Gasteiger partial charge in [0.25, 0.3) is 5.91 Å². The van der Waals surface area contributed by atoms with Crippen molar-refractivity contribution in [3.8, 4) is 5.88 Å². The molecule has 0 aliphatic carbocycles. The average molecular weight is 271 g/mol. The van der Waals surface area contributed by atoms with Gasteiger partial charge in [0.1, 0.15) is 5.69 Å². The van der Waals surface area contributed by atoms with E-state index in [2.05, 4.69) is 10.3 Å². The Morgan fingerprint density at radius 2 is 1.85 bits per heavy atom. The van der Waals surface area contributed by atoms with Crippen LogP contribution in [0, 0.1) is 0 Å². The summed E-state index contributed by atoms with van der Waals surface area (Å²) in [6, 6.07) is 12.7. The number of ether oxygens (including phenoxy) is 1. The third-order valence-electron chi connectivity index (χ3n) is 2.81. The first-order chi connectivity index (χ1) is 9.60. The highest BCUT2D eigenvalue weighted by Gasteiger charge is 2.08. The van der Waals surface area contributed by atoms with Crippen LogP contribution < -0.4 is 15.0 Å². The van der Waals surface area contributed by atoms with Gasteiger partial charge in [0.05, 0.1) is 7.11 Å². The third kappa shape index (κ3) is 3.26. The molecule has 0 radical (unpaired) electrons. The minimum absolute atomic E-state index is 0.262. The minimum Gasteiger partial charge on any atom is -0.481 e. The van der Waals surface area contributed by atoms with E-state index in [-0.39, 0.29) is 5.91 Å². The van der Waals surface area contributed by atoms with Gasteiger partial charge in [0, 0.05) is 31.5 Å². The van der Waals surface area contributed by atoms with Crippen LogP contribution in [0.25, 0.3) is 0 Å². The molecule has 0 aliphatic heterocycles. The van der Waals surface area contributed by atoms with Gasteiger partial charge in [-0.05, 0) is 30.3 Å². The number of nitrogens with one attached hydrogen (secondary N) is 1. The molecule has 0 fully saturated rings. The Hall–Kier alpha value is -2.56. The summed E-state index contributed by atoms with van der Waals surface area (Å²) >= 11 is 0. The maximum Gasteiger partial charge on any atom is 0.274 e. The van der Waals surface area contributed by atoms with E-state index < -0.39 is 0 Å². The molecule has 2 aromatic rings. The van der Waals surface area contributed by atoms with Crippen molar-refractivity contribution in [3.63, 3.8) is 0 Å². The Kier molecular flexibility index (Phi) is 4.20. The lowest BCUT2D eigenvalue weighted by atomic mass is 10.2.